The summed E-state index contributed by atoms with van der Waals surface area (Å²) in [6.45, 7) is 0.999. The monoisotopic (exact) mass is 298 g/mol. The highest BCUT2D eigenvalue weighted by Gasteiger charge is 2.61. The molecule has 5 rings (SSSR count). The van der Waals surface area contributed by atoms with Gasteiger partial charge in [-0.1, -0.05) is 6.42 Å². The molecule has 2 aliphatic carbocycles. The number of thiophene rings is 1. The molecule has 0 bridgehead atoms. The van der Waals surface area contributed by atoms with Crippen LogP contribution in [0.2, 0.25) is 0 Å². The van der Waals surface area contributed by atoms with Crippen molar-refractivity contribution in [1.82, 2.24) is 9.88 Å². The highest BCUT2D eigenvalue weighted by atomic mass is 32.1. The van der Waals surface area contributed by atoms with Crippen molar-refractivity contribution in [1.29, 1.82) is 0 Å². The van der Waals surface area contributed by atoms with Gasteiger partial charge in [0.15, 0.2) is 0 Å². The van der Waals surface area contributed by atoms with Gasteiger partial charge in [-0.15, -0.1) is 11.3 Å². The molecule has 1 amide bonds. The van der Waals surface area contributed by atoms with Crippen molar-refractivity contribution in [3.05, 3.63) is 29.4 Å². The molecule has 3 nitrogen and oxygen atoms in total. The first-order valence-electron chi connectivity index (χ1n) is 7.91. The van der Waals surface area contributed by atoms with E-state index in [1.54, 1.807) is 17.5 Å². The second-order valence-corrected chi connectivity index (χ2v) is 8.04. The lowest BCUT2D eigenvalue weighted by Crippen LogP contribution is -2.69. The molecule has 3 aliphatic rings. The van der Waals surface area contributed by atoms with Gasteiger partial charge in [0.2, 0.25) is 0 Å². The molecule has 0 N–H and O–H groups in total. The average Bonchev–Trinajstić information content (AvgIpc) is 3.12. The highest BCUT2D eigenvalue weighted by molar-refractivity contribution is 7.20. The van der Waals surface area contributed by atoms with E-state index in [-0.39, 0.29) is 5.91 Å². The van der Waals surface area contributed by atoms with E-state index in [1.807, 2.05) is 18.3 Å². The Morgan fingerprint density at radius 3 is 2.90 bits per heavy atom. The Morgan fingerprint density at radius 1 is 1.38 bits per heavy atom. The van der Waals surface area contributed by atoms with Crippen LogP contribution in [0.1, 0.15) is 41.8 Å². The van der Waals surface area contributed by atoms with Crippen LogP contribution in [-0.4, -0.2) is 28.4 Å². The molecule has 2 aromatic rings. The first-order valence-corrected chi connectivity index (χ1v) is 8.73. The Kier molecular flexibility index (Phi) is 2.35. The number of fused-ring (bicyclic) bond motifs is 1. The van der Waals surface area contributed by atoms with Crippen molar-refractivity contribution in [2.75, 3.05) is 6.54 Å². The molecule has 3 fully saturated rings. The van der Waals surface area contributed by atoms with Crippen LogP contribution in [0, 0.1) is 11.3 Å². The molecule has 3 heterocycles. The zero-order valence-electron chi connectivity index (χ0n) is 11.9. The number of hydrogen-bond donors (Lipinski definition) is 0. The van der Waals surface area contributed by atoms with Crippen molar-refractivity contribution >= 4 is 27.3 Å². The van der Waals surface area contributed by atoms with E-state index in [1.165, 1.54) is 32.1 Å². The maximum Gasteiger partial charge on any atom is 0.264 e. The molecule has 4 heteroatoms. The molecule has 21 heavy (non-hydrogen) atoms. The number of hydrogen-bond acceptors (Lipinski definition) is 3. The lowest BCUT2D eigenvalue weighted by Gasteiger charge is -2.63. The molecule has 1 unspecified atom stereocenters. The van der Waals surface area contributed by atoms with Crippen LogP contribution in [-0.2, 0) is 0 Å². The average molecular weight is 298 g/mol. The van der Waals surface area contributed by atoms with Gasteiger partial charge in [-0.3, -0.25) is 9.78 Å². The molecule has 2 aromatic heterocycles. The smallest absolute Gasteiger partial charge is 0.264 e. The predicted octanol–water partition coefficient (Wildman–Crippen LogP) is 3.70. The first kappa shape index (κ1) is 12.2. The summed E-state index contributed by atoms with van der Waals surface area (Å²) in [4.78, 5) is 20.1. The summed E-state index contributed by atoms with van der Waals surface area (Å²) in [6.07, 6.45) is 10.4. The Bertz CT molecular complexity index is 696. The van der Waals surface area contributed by atoms with Crippen LogP contribution in [0.5, 0.6) is 0 Å². The Balaban J connectivity index is 1.45. The minimum Gasteiger partial charge on any atom is -0.333 e. The number of nitrogens with zero attached hydrogens (tertiary/aromatic N) is 2. The number of amides is 1. The van der Waals surface area contributed by atoms with Crippen LogP contribution in [0.3, 0.4) is 0 Å². The van der Waals surface area contributed by atoms with E-state index < -0.39 is 0 Å². The zero-order valence-corrected chi connectivity index (χ0v) is 12.7. The molecule has 1 spiro atoms. The van der Waals surface area contributed by atoms with E-state index in [9.17, 15) is 4.79 Å². The van der Waals surface area contributed by atoms with E-state index >= 15 is 0 Å². The number of carbonyl (C=O) groups is 1. The van der Waals surface area contributed by atoms with Crippen LogP contribution in [0.25, 0.3) is 10.1 Å². The lowest BCUT2D eigenvalue weighted by molar-refractivity contribution is -0.111. The molecular weight excluding hydrogens is 280 g/mol. The first-order chi connectivity index (χ1) is 10.3. The van der Waals surface area contributed by atoms with Crippen LogP contribution in [0.15, 0.2) is 24.5 Å². The summed E-state index contributed by atoms with van der Waals surface area (Å²) in [7, 11) is 0. The van der Waals surface area contributed by atoms with Gasteiger partial charge in [0.25, 0.3) is 5.91 Å². The maximum absolute atomic E-state index is 12.9. The lowest BCUT2D eigenvalue weighted by atomic mass is 9.56. The zero-order chi connectivity index (χ0) is 14.0. The fourth-order valence-corrected chi connectivity index (χ4v) is 5.32. The second kappa shape index (κ2) is 4.07. The third-order valence-corrected chi connectivity index (χ3v) is 6.73. The quantitative estimate of drug-likeness (QED) is 0.847. The summed E-state index contributed by atoms with van der Waals surface area (Å²) in [5, 5.41) is 1.14. The molecule has 2 saturated carbocycles. The highest BCUT2D eigenvalue weighted by Crippen LogP contribution is 2.60. The largest absolute Gasteiger partial charge is 0.333 e. The van der Waals surface area contributed by atoms with Gasteiger partial charge in [-0.25, -0.2) is 0 Å². The van der Waals surface area contributed by atoms with E-state index in [0.29, 0.717) is 11.5 Å². The Morgan fingerprint density at radius 2 is 2.24 bits per heavy atom. The fourth-order valence-electron chi connectivity index (χ4n) is 4.33. The summed E-state index contributed by atoms with van der Waals surface area (Å²) in [6, 6.07) is 4.58. The van der Waals surface area contributed by atoms with Crippen molar-refractivity contribution in [3.63, 3.8) is 0 Å². The molecule has 108 valence electrons. The van der Waals surface area contributed by atoms with E-state index in [2.05, 4.69) is 9.88 Å². The van der Waals surface area contributed by atoms with Gasteiger partial charge in [0, 0.05) is 30.4 Å². The van der Waals surface area contributed by atoms with E-state index in [0.717, 1.165) is 27.4 Å². The SMILES string of the molecule is O=C(c1cc2ccncc2s1)N1CC2(CCC2)C1C1CC1. The normalized spacial score (nSPS) is 26.7. The molecule has 0 aromatic carbocycles. The number of likely N-dealkylation sites (tertiary alicyclic amines) is 1. The molecular formula is C17H18N2OS. The Labute approximate surface area is 128 Å². The third-order valence-electron chi connectivity index (χ3n) is 5.66. The topological polar surface area (TPSA) is 33.2 Å². The Hall–Kier alpha value is -1.42. The van der Waals surface area contributed by atoms with Crippen molar-refractivity contribution in [2.24, 2.45) is 11.3 Å². The van der Waals surface area contributed by atoms with Crippen LogP contribution in [0.4, 0.5) is 0 Å². The third kappa shape index (κ3) is 1.65. The van der Waals surface area contributed by atoms with Crippen LogP contribution < -0.4 is 0 Å². The van der Waals surface area contributed by atoms with Crippen LogP contribution >= 0.6 is 11.3 Å². The predicted molar refractivity (Wildman–Crippen MR) is 83.5 cm³/mol. The van der Waals surface area contributed by atoms with Gasteiger partial charge >= 0.3 is 0 Å². The number of carbonyl (C=O) groups excluding carboxylic acids is 1. The van der Waals surface area contributed by atoms with Gasteiger partial charge < -0.3 is 4.90 Å². The van der Waals surface area contributed by atoms with E-state index in [4.69, 9.17) is 0 Å². The molecule has 1 saturated heterocycles. The summed E-state index contributed by atoms with van der Waals surface area (Å²) in [5.74, 6) is 1.05. The van der Waals surface area contributed by atoms with Crippen molar-refractivity contribution in [3.8, 4) is 0 Å². The summed E-state index contributed by atoms with van der Waals surface area (Å²) < 4.78 is 1.11. The number of pyridine rings is 1. The van der Waals surface area contributed by atoms with Gasteiger partial charge in [0.05, 0.1) is 9.58 Å². The van der Waals surface area contributed by atoms with Gasteiger partial charge in [-0.2, -0.15) is 0 Å². The summed E-state index contributed by atoms with van der Waals surface area (Å²) in [5.41, 5.74) is 0.509. The minimum atomic E-state index is 0.255. The molecule has 0 radical (unpaired) electrons. The van der Waals surface area contributed by atoms with Gasteiger partial charge in [-0.05, 0) is 49.1 Å². The maximum atomic E-state index is 12.9. The van der Waals surface area contributed by atoms with Gasteiger partial charge in [0.1, 0.15) is 0 Å². The number of rotatable bonds is 2. The standard InChI is InChI=1S/C17H18N2OS/c20-16(13-8-12-4-7-18-9-14(12)21-13)19-10-17(5-1-6-17)15(19)11-2-3-11/h4,7-9,11,15H,1-3,5-6,10H2. The van der Waals surface area contributed by atoms with Crippen molar-refractivity contribution in [2.45, 2.75) is 38.1 Å². The summed E-state index contributed by atoms with van der Waals surface area (Å²) >= 11 is 1.59. The second-order valence-electron chi connectivity index (χ2n) is 6.96. The minimum absolute atomic E-state index is 0.255. The number of aromatic nitrogens is 1. The van der Waals surface area contributed by atoms with Crippen molar-refractivity contribution < 1.29 is 4.79 Å². The fraction of sp³-hybridized carbons (Fsp3) is 0.529. The molecule has 1 aliphatic heterocycles. The molecule has 1 atom stereocenters.